The lowest BCUT2D eigenvalue weighted by molar-refractivity contribution is 0.335. The fourth-order valence-electron chi connectivity index (χ4n) is 1.06. The molecule has 62 valence electrons. The topological polar surface area (TPSA) is 12.0 Å². The van der Waals surface area contributed by atoms with Crippen LogP contribution in [0.2, 0.25) is 0 Å². The minimum Gasteiger partial charge on any atom is -0.312 e. The van der Waals surface area contributed by atoms with Crippen LogP contribution in [-0.2, 0) is 0 Å². The minimum atomic E-state index is -0.244. The van der Waals surface area contributed by atoms with Gasteiger partial charge in [-0.3, -0.25) is 0 Å². The SMILES string of the molecule is CCNC(CF)CC(C)C. The molecule has 1 unspecified atom stereocenters. The van der Waals surface area contributed by atoms with Gasteiger partial charge in [-0.05, 0) is 18.9 Å². The second kappa shape index (κ2) is 5.66. The monoisotopic (exact) mass is 147 g/mol. The molecule has 0 aliphatic heterocycles. The first kappa shape index (κ1) is 9.89. The number of hydrogen-bond acceptors (Lipinski definition) is 1. The van der Waals surface area contributed by atoms with Crippen molar-refractivity contribution in [3.8, 4) is 0 Å². The average Bonchev–Trinajstić information content (AvgIpc) is 1.86. The largest absolute Gasteiger partial charge is 0.312 e. The number of halogens is 1. The summed E-state index contributed by atoms with van der Waals surface area (Å²) < 4.78 is 12.1. The van der Waals surface area contributed by atoms with Crippen LogP contribution in [0.3, 0.4) is 0 Å². The van der Waals surface area contributed by atoms with E-state index < -0.39 is 0 Å². The maximum absolute atomic E-state index is 12.1. The maximum atomic E-state index is 12.1. The van der Waals surface area contributed by atoms with E-state index in [2.05, 4.69) is 19.2 Å². The normalized spacial score (nSPS) is 14.1. The van der Waals surface area contributed by atoms with Crippen molar-refractivity contribution >= 4 is 0 Å². The van der Waals surface area contributed by atoms with Crippen molar-refractivity contribution in [3.05, 3.63) is 0 Å². The molecule has 0 aromatic carbocycles. The highest BCUT2D eigenvalue weighted by atomic mass is 19.1. The summed E-state index contributed by atoms with van der Waals surface area (Å²) in [6.45, 7) is 6.84. The lowest BCUT2D eigenvalue weighted by Crippen LogP contribution is -2.31. The molecule has 0 aliphatic carbocycles. The Labute approximate surface area is 63.0 Å². The smallest absolute Gasteiger partial charge is 0.105 e. The molecule has 2 heteroatoms. The molecular formula is C8H18FN. The highest BCUT2D eigenvalue weighted by Crippen LogP contribution is 2.04. The van der Waals surface area contributed by atoms with Gasteiger partial charge in [-0.1, -0.05) is 20.8 Å². The zero-order chi connectivity index (χ0) is 7.98. The van der Waals surface area contributed by atoms with Crippen LogP contribution >= 0.6 is 0 Å². The second-order valence-electron chi connectivity index (χ2n) is 3.04. The highest BCUT2D eigenvalue weighted by molar-refractivity contribution is 4.65. The Balaban J connectivity index is 3.39. The van der Waals surface area contributed by atoms with Crippen LogP contribution in [0, 0.1) is 5.92 Å². The third-order valence-electron chi connectivity index (χ3n) is 1.43. The molecule has 0 saturated carbocycles. The van der Waals surface area contributed by atoms with Crippen LogP contribution in [-0.4, -0.2) is 19.3 Å². The van der Waals surface area contributed by atoms with Crippen molar-refractivity contribution in [2.45, 2.75) is 33.2 Å². The Morgan fingerprint density at radius 3 is 2.30 bits per heavy atom. The average molecular weight is 147 g/mol. The zero-order valence-electron chi connectivity index (χ0n) is 7.15. The van der Waals surface area contributed by atoms with Crippen LogP contribution in [0.1, 0.15) is 27.2 Å². The van der Waals surface area contributed by atoms with Crippen molar-refractivity contribution in [2.24, 2.45) is 5.92 Å². The zero-order valence-corrected chi connectivity index (χ0v) is 7.15. The van der Waals surface area contributed by atoms with Crippen LogP contribution < -0.4 is 5.32 Å². The van der Waals surface area contributed by atoms with Crippen molar-refractivity contribution < 1.29 is 4.39 Å². The molecule has 1 atom stereocenters. The molecule has 0 radical (unpaired) electrons. The van der Waals surface area contributed by atoms with Gasteiger partial charge in [-0.2, -0.15) is 0 Å². The predicted octanol–water partition coefficient (Wildman–Crippen LogP) is 1.98. The summed E-state index contributed by atoms with van der Waals surface area (Å²) >= 11 is 0. The summed E-state index contributed by atoms with van der Waals surface area (Å²) in [4.78, 5) is 0. The van der Waals surface area contributed by atoms with Gasteiger partial charge in [0.15, 0.2) is 0 Å². The standard InChI is InChI=1S/C8H18FN/c1-4-10-8(6-9)5-7(2)3/h7-8,10H,4-6H2,1-3H3. The lowest BCUT2D eigenvalue weighted by atomic mass is 10.1. The van der Waals surface area contributed by atoms with E-state index in [4.69, 9.17) is 0 Å². The molecule has 1 nitrogen and oxygen atoms in total. The van der Waals surface area contributed by atoms with Crippen LogP contribution in [0.5, 0.6) is 0 Å². The molecule has 0 amide bonds. The molecule has 1 N–H and O–H groups in total. The molecule has 10 heavy (non-hydrogen) atoms. The van der Waals surface area contributed by atoms with Gasteiger partial charge in [0.05, 0.1) is 0 Å². The number of hydrogen-bond donors (Lipinski definition) is 1. The Morgan fingerprint density at radius 2 is 2.00 bits per heavy atom. The summed E-state index contributed by atoms with van der Waals surface area (Å²) in [5.74, 6) is 0.583. The van der Waals surface area contributed by atoms with E-state index in [-0.39, 0.29) is 12.7 Å². The fraction of sp³-hybridized carbons (Fsp3) is 1.00. The third-order valence-corrected chi connectivity index (χ3v) is 1.43. The van der Waals surface area contributed by atoms with Crippen molar-refractivity contribution in [1.29, 1.82) is 0 Å². The van der Waals surface area contributed by atoms with E-state index in [0.29, 0.717) is 5.92 Å². The quantitative estimate of drug-likeness (QED) is 0.627. The van der Waals surface area contributed by atoms with E-state index in [9.17, 15) is 4.39 Å². The van der Waals surface area contributed by atoms with Gasteiger partial charge < -0.3 is 5.32 Å². The molecule has 0 aliphatic rings. The summed E-state index contributed by atoms with van der Waals surface area (Å²) in [5, 5.41) is 3.09. The van der Waals surface area contributed by atoms with Gasteiger partial charge in [-0.25, -0.2) is 4.39 Å². The molecule has 0 rings (SSSR count). The van der Waals surface area contributed by atoms with Gasteiger partial charge in [0.1, 0.15) is 6.67 Å². The summed E-state index contributed by atoms with van der Waals surface area (Å²) in [7, 11) is 0. The fourth-order valence-corrected chi connectivity index (χ4v) is 1.06. The predicted molar refractivity (Wildman–Crippen MR) is 42.9 cm³/mol. The first-order chi connectivity index (χ1) is 4.70. The van der Waals surface area contributed by atoms with Crippen molar-refractivity contribution in [3.63, 3.8) is 0 Å². The molecule has 0 spiro atoms. The van der Waals surface area contributed by atoms with Gasteiger partial charge in [0.2, 0.25) is 0 Å². The molecule has 0 saturated heterocycles. The highest BCUT2D eigenvalue weighted by Gasteiger charge is 2.07. The number of rotatable bonds is 5. The van der Waals surface area contributed by atoms with E-state index in [1.54, 1.807) is 0 Å². The summed E-state index contributed by atoms with van der Waals surface area (Å²) in [5.41, 5.74) is 0. The molecule has 0 aromatic rings. The molecule has 0 heterocycles. The van der Waals surface area contributed by atoms with E-state index in [0.717, 1.165) is 13.0 Å². The third kappa shape index (κ3) is 4.74. The number of alkyl halides is 1. The molecule has 0 fully saturated rings. The molecule has 0 aromatic heterocycles. The maximum Gasteiger partial charge on any atom is 0.105 e. The Bertz CT molecular complexity index is 73.7. The van der Waals surface area contributed by atoms with Crippen LogP contribution in [0.15, 0.2) is 0 Å². The Hall–Kier alpha value is -0.110. The van der Waals surface area contributed by atoms with E-state index in [1.807, 2.05) is 6.92 Å². The second-order valence-corrected chi connectivity index (χ2v) is 3.04. The summed E-state index contributed by atoms with van der Waals surface area (Å²) in [6.07, 6.45) is 0.935. The van der Waals surface area contributed by atoms with Crippen LogP contribution in [0.25, 0.3) is 0 Å². The Kier molecular flexibility index (Phi) is 5.60. The van der Waals surface area contributed by atoms with Gasteiger partial charge in [-0.15, -0.1) is 0 Å². The Morgan fingerprint density at radius 1 is 1.40 bits per heavy atom. The number of nitrogens with one attached hydrogen (secondary N) is 1. The van der Waals surface area contributed by atoms with Crippen molar-refractivity contribution in [2.75, 3.05) is 13.2 Å². The molecular weight excluding hydrogens is 129 g/mol. The van der Waals surface area contributed by atoms with Gasteiger partial charge in [0.25, 0.3) is 0 Å². The van der Waals surface area contributed by atoms with Gasteiger partial charge in [0, 0.05) is 6.04 Å². The lowest BCUT2D eigenvalue weighted by Gasteiger charge is -2.15. The first-order valence-electron chi connectivity index (χ1n) is 4.00. The van der Waals surface area contributed by atoms with Gasteiger partial charge >= 0.3 is 0 Å². The van der Waals surface area contributed by atoms with E-state index >= 15 is 0 Å². The van der Waals surface area contributed by atoms with E-state index in [1.165, 1.54) is 0 Å². The first-order valence-corrected chi connectivity index (χ1v) is 4.00. The molecule has 0 bridgehead atoms. The van der Waals surface area contributed by atoms with Crippen LogP contribution in [0.4, 0.5) is 4.39 Å². The summed E-state index contributed by atoms with van der Waals surface area (Å²) in [6, 6.07) is 0.0741. The minimum absolute atomic E-state index is 0.0741. The van der Waals surface area contributed by atoms with Crippen molar-refractivity contribution in [1.82, 2.24) is 5.32 Å².